The fourth-order valence-corrected chi connectivity index (χ4v) is 6.01. The Kier molecular flexibility index (Phi) is 10.3. The van der Waals surface area contributed by atoms with Crippen LogP contribution in [0.15, 0.2) is 35.2 Å². The second-order valence-electron chi connectivity index (χ2n) is 9.12. The molecule has 0 aliphatic carbocycles. The van der Waals surface area contributed by atoms with E-state index in [1.165, 1.54) is 25.1 Å². The third-order valence-electron chi connectivity index (χ3n) is 6.34. The first-order valence-corrected chi connectivity index (χ1v) is 14.5. The number of hydrogen-bond donors (Lipinski definition) is 3. The number of alkyl halides is 3. The van der Waals surface area contributed by atoms with Crippen LogP contribution in [0.1, 0.15) is 46.8 Å². The van der Waals surface area contributed by atoms with E-state index in [1.807, 2.05) is 0 Å². The van der Waals surface area contributed by atoms with Gasteiger partial charge in [0.2, 0.25) is 5.91 Å². The number of benzene rings is 2. The average molecular weight is 610 g/mol. The van der Waals surface area contributed by atoms with Crippen LogP contribution in [0, 0.1) is 0 Å². The van der Waals surface area contributed by atoms with Crippen molar-refractivity contribution < 1.29 is 36.3 Å². The van der Waals surface area contributed by atoms with Gasteiger partial charge in [0, 0.05) is 41.3 Å². The molecule has 2 aromatic rings. The molecule has 1 aliphatic rings. The van der Waals surface area contributed by atoms with Gasteiger partial charge in [0.1, 0.15) is 6.61 Å². The van der Waals surface area contributed by atoms with E-state index in [-0.39, 0.29) is 63.1 Å². The largest absolute Gasteiger partial charge is 0.416 e. The normalized spacial score (nSPS) is 16.6. The van der Waals surface area contributed by atoms with Gasteiger partial charge in [0.25, 0.3) is 5.91 Å². The molecule has 0 radical (unpaired) electrons. The maximum atomic E-state index is 14.1. The van der Waals surface area contributed by atoms with Crippen LogP contribution in [-0.4, -0.2) is 61.7 Å². The van der Waals surface area contributed by atoms with Crippen molar-refractivity contribution in [2.24, 2.45) is 0 Å². The van der Waals surface area contributed by atoms with Gasteiger partial charge in [-0.1, -0.05) is 30.1 Å². The number of piperidine rings is 1. The maximum absolute atomic E-state index is 14.1. The quantitative estimate of drug-likeness (QED) is 0.398. The number of halogens is 5. The van der Waals surface area contributed by atoms with Gasteiger partial charge in [-0.3, -0.25) is 14.5 Å². The number of rotatable bonds is 9. The highest BCUT2D eigenvalue weighted by Gasteiger charge is 2.36. The lowest BCUT2D eigenvalue weighted by Crippen LogP contribution is -2.48. The predicted molar refractivity (Wildman–Crippen MR) is 140 cm³/mol. The summed E-state index contributed by atoms with van der Waals surface area (Å²) in [5, 5.41) is 14.0. The Morgan fingerprint density at radius 3 is 2.54 bits per heavy atom. The molecule has 3 rings (SSSR count). The van der Waals surface area contributed by atoms with E-state index in [4.69, 9.17) is 28.3 Å². The molecule has 14 heteroatoms. The molecule has 39 heavy (non-hydrogen) atoms. The van der Waals surface area contributed by atoms with Crippen molar-refractivity contribution in [2.75, 3.05) is 25.4 Å². The van der Waals surface area contributed by atoms with Crippen LogP contribution >= 0.6 is 23.2 Å². The van der Waals surface area contributed by atoms with Gasteiger partial charge in [-0.25, -0.2) is 8.42 Å². The summed E-state index contributed by atoms with van der Waals surface area (Å²) in [4.78, 5) is 26.0. The smallest absolute Gasteiger partial charge is 0.387 e. The highest BCUT2D eigenvalue weighted by Crippen LogP contribution is 2.37. The van der Waals surface area contributed by atoms with Crippen molar-refractivity contribution in [2.45, 2.75) is 50.0 Å². The number of amides is 2. The van der Waals surface area contributed by atoms with Gasteiger partial charge < -0.3 is 15.7 Å². The Morgan fingerprint density at radius 1 is 1.18 bits per heavy atom. The molecule has 3 N–H and O–H groups in total. The van der Waals surface area contributed by atoms with Gasteiger partial charge in [-0.05, 0) is 60.8 Å². The number of likely N-dealkylation sites (tertiary alicyclic amines) is 1. The lowest BCUT2D eigenvalue weighted by atomic mass is 10.00. The second-order valence-corrected chi connectivity index (χ2v) is 12.2. The second kappa shape index (κ2) is 12.9. The lowest BCUT2D eigenvalue weighted by Gasteiger charge is -2.33. The molecular formula is C25H28Cl2F3N3O5S. The van der Waals surface area contributed by atoms with Crippen molar-refractivity contribution in [3.8, 4) is 0 Å². The summed E-state index contributed by atoms with van der Waals surface area (Å²) >= 11 is 12.3. The highest BCUT2D eigenvalue weighted by atomic mass is 35.5. The molecule has 0 bridgehead atoms. The fourth-order valence-electron chi connectivity index (χ4n) is 4.42. The average Bonchev–Trinajstić information content (AvgIpc) is 2.87. The fraction of sp³-hybridized carbons (Fsp3) is 0.440. The Bertz CT molecular complexity index is 1340. The SMILES string of the molecule is CCS(=O)(=O)c1ccc(Cl)cc1CNC(=O)c1cc(Cl)c(CN2CCC[C@H](NC(=O)CO)C2)c(C(F)(F)F)c1. The summed E-state index contributed by atoms with van der Waals surface area (Å²) in [5.41, 5.74) is -1.42. The maximum Gasteiger partial charge on any atom is 0.416 e. The number of nitrogens with one attached hydrogen (secondary N) is 2. The Balaban J connectivity index is 1.84. The standard InChI is InChI=1S/C25H28Cl2F3N3O5S/c1-2-39(37,38)22-6-5-17(26)8-16(22)11-31-24(36)15-9-20(25(28,29)30)19(21(27)10-15)13-33-7-3-4-18(12-33)32-23(35)14-34/h5-6,8-10,18,34H,2-4,7,11-14H2,1H3,(H,31,36)(H,32,35)/t18-/m0/s1. The van der Waals surface area contributed by atoms with Crippen molar-refractivity contribution in [3.05, 3.63) is 62.6 Å². The molecule has 8 nitrogen and oxygen atoms in total. The van der Waals surface area contributed by atoms with Crippen LogP contribution in [0.5, 0.6) is 0 Å². The molecule has 2 aromatic carbocycles. The zero-order valence-corrected chi connectivity index (χ0v) is 23.3. The van der Waals surface area contributed by atoms with Crippen LogP contribution in [-0.2, 0) is 33.9 Å². The number of carbonyl (C=O) groups excluding carboxylic acids is 2. The number of aliphatic hydroxyl groups excluding tert-OH is 1. The van der Waals surface area contributed by atoms with Crippen molar-refractivity contribution >= 4 is 44.9 Å². The number of hydrogen-bond acceptors (Lipinski definition) is 6. The van der Waals surface area contributed by atoms with Gasteiger partial charge in [0.05, 0.1) is 16.2 Å². The minimum absolute atomic E-state index is 0.0333. The molecule has 0 aromatic heterocycles. The number of sulfone groups is 1. The minimum Gasteiger partial charge on any atom is -0.387 e. The third-order valence-corrected chi connectivity index (χ3v) is 8.74. The molecule has 0 unspecified atom stereocenters. The number of carbonyl (C=O) groups is 2. The van der Waals surface area contributed by atoms with E-state index in [0.717, 1.165) is 6.07 Å². The summed E-state index contributed by atoms with van der Waals surface area (Å²) < 4.78 is 67.0. The van der Waals surface area contributed by atoms with Crippen molar-refractivity contribution in [1.82, 2.24) is 15.5 Å². The first-order chi connectivity index (χ1) is 18.2. The molecule has 214 valence electrons. The molecule has 1 aliphatic heterocycles. The summed E-state index contributed by atoms with van der Waals surface area (Å²) in [7, 11) is -3.64. The first-order valence-electron chi connectivity index (χ1n) is 12.1. The first kappa shape index (κ1) is 31.2. The van der Waals surface area contributed by atoms with E-state index in [1.54, 1.807) is 4.90 Å². The minimum atomic E-state index is -4.81. The Hall–Kier alpha value is -2.38. The van der Waals surface area contributed by atoms with Gasteiger partial charge in [-0.15, -0.1) is 0 Å². The summed E-state index contributed by atoms with van der Waals surface area (Å²) in [6.45, 7) is 1.07. The molecule has 0 spiro atoms. The summed E-state index contributed by atoms with van der Waals surface area (Å²) in [5.74, 6) is -1.63. The monoisotopic (exact) mass is 609 g/mol. The zero-order chi connectivity index (χ0) is 29.0. The van der Waals surface area contributed by atoms with Crippen LogP contribution < -0.4 is 10.6 Å². The predicted octanol–water partition coefficient (Wildman–Crippen LogP) is 3.81. The molecule has 2 amide bonds. The van der Waals surface area contributed by atoms with Crippen LogP contribution in [0.2, 0.25) is 10.0 Å². The third kappa shape index (κ3) is 8.07. The number of aliphatic hydroxyl groups is 1. The number of nitrogens with zero attached hydrogens (tertiary/aromatic N) is 1. The van der Waals surface area contributed by atoms with Crippen molar-refractivity contribution in [3.63, 3.8) is 0 Å². The topological polar surface area (TPSA) is 116 Å². The molecule has 1 atom stereocenters. The molecule has 0 saturated carbocycles. The molecular weight excluding hydrogens is 582 g/mol. The van der Waals surface area contributed by atoms with E-state index >= 15 is 0 Å². The van der Waals surface area contributed by atoms with Gasteiger partial charge in [0.15, 0.2) is 9.84 Å². The van der Waals surface area contributed by atoms with E-state index < -0.39 is 40.0 Å². The van der Waals surface area contributed by atoms with Gasteiger partial charge >= 0.3 is 6.18 Å². The summed E-state index contributed by atoms with van der Waals surface area (Å²) in [6.07, 6.45) is -3.57. The van der Waals surface area contributed by atoms with Crippen LogP contribution in [0.3, 0.4) is 0 Å². The Labute approximate surface area is 234 Å². The zero-order valence-electron chi connectivity index (χ0n) is 20.9. The van der Waals surface area contributed by atoms with E-state index in [0.29, 0.717) is 25.5 Å². The summed E-state index contributed by atoms with van der Waals surface area (Å²) in [6, 6.07) is 5.61. The van der Waals surface area contributed by atoms with E-state index in [2.05, 4.69) is 10.6 Å². The van der Waals surface area contributed by atoms with E-state index in [9.17, 15) is 31.2 Å². The van der Waals surface area contributed by atoms with Gasteiger partial charge in [-0.2, -0.15) is 13.2 Å². The highest BCUT2D eigenvalue weighted by molar-refractivity contribution is 7.91. The molecule has 1 fully saturated rings. The molecule has 1 heterocycles. The van der Waals surface area contributed by atoms with Crippen molar-refractivity contribution in [1.29, 1.82) is 0 Å². The van der Waals surface area contributed by atoms with Crippen LogP contribution in [0.4, 0.5) is 13.2 Å². The van der Waals surface area contributed by atoms with Crippen LogP contribution in [0.25, 0.3) is 0 Å². The molecule has 1 saturated heterocycles. The lowest BCUT2D eigenvalue weighted by molar-refractivity contribution is -0.138. The Morgan fingerprint density at radius 2 is 1.90 bits per heavy atom.